The topological polar surface area (TPSA) is 39.4 Å². The molecule has 7 heteroatoms. The van der Waals surface area contributed by atoms with Gasteiger partial charge in [-0.15, -0.1) is 45.3 Å². The lowest BCUT2D eigenvalue weighted by atomic mass is 9.70. The number of benzene rings is 18. The van der Waals surface area contributed by atoms with Gasteiger partial charge in [0, 0.05) is 113 Å². The molecular weight excluding hydrogens is 1580 g/mol. The van der Waals surface area contributed by atoms with Crippen molar-refractivity contribution in [2.75, 3.05) is 0 Å². The fourth-order valence-electron chi connectivity index (χ4n) is 18.3. The summed E-state index contributed by atoms with van der Waals surface area (Å²) in [5.74, 6) is 0. The minimum absolute atomic E-state index is 0.188. The monoisotopic (exact) mass is 1670 g/mol. The predicted octanol–water partition coefficient (Wildman–Crippen LogP) is 35.5. The number of para-hydroxylation sites is 4. The van der Waals surface area contributed by atoms with Crippen molar-refractivity contribution in [2.45, 2.75) is 60.8 Å². The Hall–Kier alpha value is -13.8. The second kappa shape index (κ2) is 33.6. The van der Waals surface area contributed by atoms with Crippen LogP contribution in [0, 0.1) is 55.4 Å². The van der Waals surface area contributed by atoms with Crippen molar-refractivity contribution < 1.29 is 13.3 Å². The quantitative estimate of drug-likeness (QED) is 0.152. The van der Waals surface area contributed by atoms with Gasteiger partial charge < -0.3 is 13.3 Å². The summed E-state index contributed by atoms with van der Waals surface area (Å²) in [6.07, 6.45) is 0. The summed E-state index contributed by atoms with van der Waals surface area (Å²) < 4.78 is 28.4. The van der Waals surface area contributed by atoms with Crippen LogP contribution in [0.1, 0.15) is 66.8 Å². The highest BCUT2D eigenvalue weighted by Gasteiger charge is 2.51. The molecule has 0 unspecified atom stereocenters. The second-order valence-corrected chi connectivity index (χ2v) is 36.8. The van der Waals surface area contributed by atoms with E-state index in [4.69, 9.17) is 13.3 Å². The molecule has 2 aliphatic rings. The first kappa shape index (κ1) is 78.8. The van der Waals surface area contributed by atoms with E-state index in [1.165, 1.54) is 202 Å². The van der Waals surface area contributed by atoms with Gasteiger partial charge in [0.1, 0.15) is 33.5 Å². The Morgan fingerprint density at radius 2 is 0.540 bits per heavy atom. The summed E-state index contributed by atoms with van der Waals surface area (Å²) in [5.41, 5.74) is 27.2. The fourth-order valence-corrected chi connectivity index (χ4v) is 22.9. The molecule has 0 saturated carbocycles. The molecule has 0 bridgehead atoms. The minimum Gasteiger partial charge on any atom is -0.456 e. The number of hydrogen-bond donors (Lipinski definition) is 0. The number of furan rings is 3. The van der Waals surface area contributed by atoms with Gasteiger partial charge in [-0.25, -0.2) is 0 Å². The van der Waals surface area contributed by atoms with E-state index in [-0.39, 0.29) is 5.41 Å². The van der Waals surface area contributed by atoms with E-state index in [0.717, 1.165) is 33.5 Å². The van der Waals surface area contributed by atoms with Gasteiger partial charge in [-0.1, -0.05) is 320 Å². The molecule has 7 aromatic heterocycles. The average molecular weight is 1670 g/mol. The van der Waals surface area contributed by atoms with Crippen molar-refractivity contribution in [1.82, 2.24) is 0 Å². The first-order valence-corrected chi connectivity index (χ1v) is 45.6. The van der Waals surface area contributed by atoms with Gasteiger partial charge in [0.25, 0.3) is 0 Å². The molecule has 1 spiro atoms. The smallest absolute Gasteiger partial charge is 0.138 e. The van der Waals surface area contributed by atoms with Gasteiger partial charge in [-0.05, 0) is 213 Å². The lowest BCUT2D eigenvalue weighted by Crippen LogP contribution is -2.25. The van der Waals surface area contributed by atoms with Gasteiger partial charge in [0.05, 0.1) is 5.41 Å². The molecule has 7 heterocycles. The van der Waals surface area contributed by atoms with Crippen LogP contribution in [0.25, 0.3) is 169 Å². The van der Waals surface area contributed by atoms with Crippen molar-refractivity contribution in [3.63, 3.8) is 0 Å². The molecule has 3 nitrogen and oxygen atoms in total. The van der Waals surface area contributed by atoms with Gasteiger partial charge >= 0.3 is 0 Å². The normalized spacial score (nSPS) is 11.9. The van der Waals surface area contributed by atoms with Crippen molar-refractivity contribution in [3.8, 4) is 22.3 Å². The maximum Gasteiger partial charge on any atom is 0.138 e. The predicted molar refractivity (Wildman–Crippen MR) is 539 cm³/mol. The third-order valence-electron chi connectivity index (χ3n) is 24.1. The molecule has 2 aliphatic carbocycles. The minimum atomic E-state index is -0.188. The number of fused-ring (bicyclic) bond motifs is 31. The van der Waals surface area contributed by atoms with Crippen LogP contribution < -0.4 is 0 Å². The molecular formula is C117H88O3S4. The molecule has 0 fully saturated rings. The number of rotatable bonds is 0. The van der Waals surface area contributed by atoms with Crippen LogP contribution >= 0.6 is 45.3 Å². The summed E-state index contributed by atoms with van der Waals surface area (Å²) in [6, 6.07) is 138. The summed E-state index contributed by atoms with van der Waals surface area (Å²) in [6.45, 7) is 17.1. The third-order valence-corrected chi connectivity index (χ3v) is 28.8. The van der Waals surface area contributed by atoms with Crippen LogP contribution in [0.5, 0.6) is 0 Å². The maximum absolute atomic E-state index is 5.78. The molecule has 0 N–H and O–H groups in total. The Bertz CT molecular complexity index is 7910. The molecule has 0 amide bonds. The number of hydrogen-bond acceptors (Lipinski definition) is 7. The van der Waals surface area contributed by atoms with Crippen molar-refractivity contribution in [2.24, 2.45) is 0 Å². The first-order valence-electron chi connectivity index (χ1n) is 42.3. The second-order valence-electron chi connectivity index (χ2n) is 32.5. The van der Waals surface area contributed by atoms with Crippen LogP contribution in [0.3, 0.4) is 0 Å². The van der Waals surface area contributed by atoms with Gasteiger partial charge in [-0.3, -0.25) is 0 Å². The molecule has 0 saturated heterocycles. The molecule has 0 radical (unpaired) electrons. The summed E-state index contributed by atoms with van der Waals surface area (Å²) >= 11 is 7.51. The van der Waals surface area contributed by atoms with E-state index in [1.807, 2.05) is 106 Å². The third kappa shape index (κ3) is 14.7. The lowest BCUT2D eigenvalue weighted by Gasteiger charge is -2.30. The Kier molecular flexibility index (Phi) is 21.3. The molecule has 598 valence electrons. The molecule has 18 aromatic carbocycles. The average Bonchev–Trinajstić information content (AvgIpc) is 1.51. The largest absolute Gasteiger partial charge is 0.456 e. The van der Waals surface area contributed by atoms with Crippen LogP contribution in [0.15, 0.2) is 401 Å². The Morgan fingerprint density at radius 1 is 0.185 bits per heavy atom. The lowest BCUT2D eigenvalue weighted by molar-refractivity contribution is 0.665. The van der Waals surface area contributed by atoms with E-state index in [1.54, 1.807) is 0 Å². The summed E-state index contributed by atoms with van der Waals surface area (Å²) in [5, 5.41) is 18.4. The van der Waals surface area contributed by atoms with E-state index in [0.29, 0.717) is 0 Å². The van der Waals surface area contributed by atoms with Crippen molar-refractivity contribution >= 4 is 192 Å². The Labute approximate surface area is 737 Å². The maximum atomic E-state index is 5.78. The molecule has 0 atom stereocenters. The molecule has 25 aromatic rings. The summed E-state index contributed by atoms with van der Waals surface area (Å²) in [4.78, 5) is 0. The zero-order valence-corrected chi connectivity index (χ0v) is 73.6. The van der Waals surface area contributed by atoms with Crippen molar-refractivity contribution in [1.29, 1.82) is 0 Å². The van der Waals surface area contributed by atoms with Gasteiger partial charge in [0.2, 0.25) is 0 Å². The van der Waals surface area contributed by atoms with Crippen LogP contribution in [0.2, 0.25) is 0 Å². The highest BCUT2D eigenvalue weighted by Crippen LogP contribution is 2.63. The molecule has 0 aliphatic heterocycles. The number of thiophene rings is 4. The fraction of sp³-hybridized carbons (Fsp3) is 0.0769. The number of aryl methyl sites for hydroxylation is 8. The van der Waals surface area contributed by atoms with Crippen LogP contribution in [-0.4, -0.2) is 0 Å². The highest BCUT2D eigenvalue weighted by molar-refractivity contribution is 7.27. The van der Waals surface area contributed by atoms with Crippen LogP contribution in [0.4, 0.5) is 0 Å². The zero-order valence-electron chi connectivity index (χ0n) is 70.3. The Morgan fingerprint density at radius 3 is 1.19 bits per heavy atom. The van der Waals surface area contributed by atoms with Crippen molar-refractivity contribution in [3.05, 3.63) is 455 Å². The Balaban J connectivity index is 0.0000000909. The highest BCUT2D eigenvalue weighted by atomic mass is 32.1. The van der Waals surface area contributed by atoms with E-state index >= 15 is 0 Å². The van der Waals surface area contributed by atoms with E-state index < -0.39 is 0 Å². The standard InChI is InChI=1S/C26H18.3C13H10O.4C13H10S/c1-17-14-15-25-21(16-17)20-10-4-7-13-24(20)26(25)22-11-5-2-8-18(22)19-9-3-6-12-23(19)26;1-9-5-4-7-11-10-6-2-3-8-12(10)14-13(9)11;1-9-6-7-13-11(8-9)10-4-2-3-5-12(10)14-13;1-9-6-7-11-10-4-2-3-5-12(10)14-13(11)8-9;1-9-5-4-7-11-10-6-2-3-8-12(10)14-13(9)11;1-9-5-4-8-12-13(9)10-6-2-3-7-11(10)14-12;1-9-6-7-13-11(8-9)10-4-2-3-5-12(10)14-13;1-9-6-7-11-10-4-2-3-5-12(10)14-13(11)8-9/h2-16H,1H3;7*2-8H,1H3. The molecule has 27 rings (SSSR count). The zero-order chi connectivity index (χ0) is 84.1. The van der Waals surface area contributed by atoms with Gasteiger partial charge in [0.15, 0.2) is 0 Å². The first-order chi connectivity index (χ1) is 60.8. The van der Waals surface area contributed by atoms with E-state index in [2.05, 4.69) is 383 Å². The van der Waals surface area contributed by atoms with Gasteiger partial charge in [-0.2, -0.15) is 0 Å². The molecule has 124 heavy (non-hydrogen) atoms. The van der Waals surface area contributed by atoms with E-state index in [9.17, 15) is 0 Å². The SMILES string of the molecule is Cc1ccc2c(c1)-c1ccccc1C21c2ccccc2-c2ccccc21.Cc1ccc2c(c1)oc1ccccc12.Cc1ccc2c(c1)sc1ccccc12.Cc1ccc2oc3ccccc3c2c1.Cc1ccc2sc3ccccc3c2c1.Cc1cccc2c1oc1ccccc12.Cc1cccc2c1sc1ccccc12.Cc1cccc2sc3ccccc3c12. The summed E-state index contributed by atoms with van der Waals surface area (Å²) in [7, 11) is 0. The van der Waals surface area contributed by atoms with Crippen LogP contribution in [-0.2, 0) is 5.41 Å².